The highest BCUT2D eigenvalue weighted by atomic mass is 32.2. The summed E-state index contributed by atoms with van der Waals surface area (Å²) in [5.74, 6) is -0.251. The molecule has 11 nitrogen and oxygen atoms in total. The molecule has 2 fully saturated rings. The Bertz CT molecular complexity index is 628. The number of aliphatic carboxylic acids is 1. The van der Waals surface area contributed by atoms with Gasteiger partial charge in [0.05, 0.1) is 38.5 Å². The van der Waals surface area contributed by atoms with Crippen molar-refractivity contribution in [3.05, 3.63) is 0 Å². The van der Waals surface area contributed by atoms with Crippen LogP contribution in [0.2, 0.25) is 0 Å². The van der Waals surface area contributed by atoms with Crippen molar-refractivity contribution < 1.29 is 33.7 Å². The Balaban J connectivity index is 1.51. The number of nitrogens with zero attached hydrogens (tertiary/aromatic N) is 1. The molecule has 2 aliphatic heterocycles. The van der Waals surface area contributed by atoms with E-state index >= 15 is 0 Å². The Labute approximate surface area is 205 Å². The van der Waals surface area contributed by atoms with Crippen molar-refractivity contribution in [2.45, 2.75) is 55.9 Å². The summed E-state index contributed by atoms with van der Waals surface area (Å²) in [6, 6.07) is 0.265. The van der Waals surface area contributed by atoms with E-state index in [0.717, 1.165) is 25.0 Å². The number of fused-ring (bicyclic) bond motifs is 1. The SMILES string of the molecule is NCCCOCCOCCOCCCN(CC(=O)O)C(=O)CCCCC1SCC2NC(=O)NC21. The minimum atomic E-state index is -1.02. The van der Waals surface area contributed by atoms with Gasteiger partial charge in [0.1, 0.15) is 6.54 Å². The number of ether oxygens (including phenoxy) is 3. The smallest absolute Gasteiger partial charge is 0.323 e. The monoisotopic (exact) mass is 504 g/mol. The summed E-state index contributed by atoms with van der Waals surface area (Å²) >= 11 is 1.85. The summed E-state index contributed by atoms with van der Waals surface area (Å²) in [5, 5.41) is 15.4. The van der Waals surface area contributed by atoms with Gasteiger partial charge >= 0.3 is 12.0 Å². The van der Waals surface area contributed by atoms with Crippen LogP contribution >= 0.6 is 11.8 Å². The molecule has 0 spiro atoms. The Morgan fingerprint density at radius 1 is 1.00 bits per heavy atom. The predicted octanol–water partition coefficient (Wildman–Crippen LogP) is 0.414. The number of unbranched alkanes of at least 4 members (excludes halogenated alkanes) is 1. The summed E-state index contributed by atoms with van der Waals surface area (Å²) in [5.41, 5.74) is 5.38. The van der Waals surface area contributed by atoms with Gasteiger partial charge in [-0.2, -0.15) is 11.8 Å². The molecule has 0 aromatic carbocycles. The van der Waals surface area contributed by atoms with E-state index in [-0.39, 0.29) is 30.6 Å². The summed E-state index contributed by atoms with van der Waals surface area (Å²) in [4.78, 5) is 36.6. The van der Waals surface area contributed by atoms with E-state index in [1.54, 1.807) is 0 Å². The van der Waals surface area contributed by atoms with Gasteiger partial charge in [-0.25, -0.2) is 4.79 Å². The normalized spacial score (nSPS) is 21.2. The molecule has 0 radical (unpaired) electrons. The predicted molar refractivity (Wildman–Crippen MR) is 129 cm³/mol. The third-order valence-electron chi connectivity index (χ3n) is 5.70. The second-order valence-corrected chi connectivity index (χ2v) is 9.68. The zero-order valence-electron chi connectivity index (χ0n) is 19.9. The van der Waals surface area contributed by atoms with Crippen LogP contribution in [0.4, 0.5) is 4.79 Å². The summed E-state index contributed by atoms with van der Waals surface area (Å²) < 4.78 is 16.2. The fraction of sp³-hybridized carbons (Fsp3) is 0.864. The van der Waals surface area contributed by atoms with Crippen LogP contribution in [0.3, 0.4) is 0 Å². The quantitative estimate of drug-likeness (QED) is 0.136. The van der Waals surface area contributed by atoms with Gasteiger partial charge in [-0.1, -0.05) is 6.42 Å². The summed E-state index contributed by atoms with van der Waals surface area (Å²) in [7, 11) is 0. The van der Waals surface area contributed by atoms with Crippen molar-refractivity contribution in [2.24, 2.45) is 5.73 Å². The van der Waals surface area contributed by atoms with Crippen LogP contribution in [0.25, 0.3) is 0 Å². The Morgan fingerprint density at radius 2 is 1.68 bits per heavy atom. The molecule has 2 aliphatic rings. The van der Waals surface area contributed by atoms with Crippen LogP contribution in [0.15, 0.2) is 0 Å². The number of thioether (sulfide) groups is 1. The molecule has 196 valence electrons. The highest BCUT2D eigenvalue weighted by Gasteiger charge is 2.42. The number of carbonyl (C=O) groups excluding carboxylic acids is 2. The summed E-state index contributed by atoms with van der Waals surface area (Å²) in [6.07, 6.45) is 4.22. The highest BCUT2D eigenvalue weighted by Crippen LogP contribution is 2.33. The van der Waals surface area contributed by atoms with Crippen molar-refractivity contribution in [1.82, 2.24) is 15.5 Å². The number of carboxylic acid groups (broad SMARTS) is 1. The average Bonchev–Trinajstić information content (AvgIpc) is 3.35. The van der Waals surface area contributed by atoms with Crippen molar-refractivity contribution in [3.63, 3.8) is 0 Å². The number of nitrogens with one attached hydrogen (secondary N) is 2. The molecule has 12 heteroatoms. The third-order valence-corrected chi connectivity index (χ3v) is 7.21. The number of nitrogens with two attached hydrogens (primary N) is 1. The van der Waals surface area contributed by atoms with Gasteiger partial charge in [0.2, 0.25) is 5.91 Å². The minimum absolute atomic E-state index is 0.0973. The number of urea groups is 1. The van der Waals surface area contributed by atoms with Gasteiger partial charge in [0, 0.05) is 37.2 Å². The lowest BCUT2D eigenvalue weighted by Gasteiger charge is -2.21. The van der Waals surface area contributed by atoms with E-state index in [1.807, 2.05) is 11.8 Å². The average molecular weight is 505 g/mol. The molecule has 0 aliphatic carbocycles. The Kier molecular flexibility index (Phi) is 14.3. The molecule has 2 rings (SSSR count). The number of rotatable bonds is 20. The highest BCUT2D eigenvalue weighted by molar-refractivity contribution is 8.00. The van der Waals surface area contributed by atoms with Crippen molar-refractivity contribution in [2.75, 3.05) is 65.0 Å². The van der Waals surface area contributed by atoms with Crippen LogP contribution in [0.1, 0.15) is 38.5 Å². The topological polar surface area (TPSA) is 152 Å². The fourth-order valence-electron chi connectivity index (χ4n) is 3.96. The van der Waals surface area contributed by atoms with E-state index in [0.29, 0.717) is 77.2 Å². The molecule has 2 saturated heterocycles. The lowest BCUT2D eigenvalue weighted by molar-refractivity contribution is -0.144. The van der Waals surface area contributed by atoms with E-state index in [4.69, 9.17) is 25.1 Å². The first-order valence-corrected chi connectivity index (χ1v) is 13.2. The number of carbonyl (C=O) groups is 3. The second kappa shape index (κ2) is 16.9. The van der Waals surface area contributed by atoms with E-state index in [9.17, 15) is 14.4 Å². The molecular formula is C22H40N4O7S. The molecular weight excluding hydrogens is 464 g/mol. The molecule has 0 saturated carbocycles. The maximum Gasteiger partial charge on any atom is 0.323 e. The van der Waals surface area contributed by atoms with Crippen LogP contribution in [0, 0.1) is 0 Å². The Morgan fingerprint density at radius 3 is 2.35 bits per heavy atom. The number of amides is 3. The van der Waals surface area contributed by atoms with Crippen molar-refractivity contribution >= 4 is 29.7 Å². The standard InChI is InChI=1S/C22H40N4O7S/c23-7-3-9-31-11-13-33-14-12-32-10-4-8-26(15-20(28)29)19(27)6-2-1-5-18-21-17(16-34-18)24-22(30)25-21/h17-18,21H,1-16,23H2,(H,28,29)(H2,24,25,30). The molecule has 0 bridgehead atoms. The maximum atomic E-state index is 12.5. The number of hydrogen-bond donors (Lipinski definition) is 4. The fourth-order valence-corrected chi connectivity index (χ4v) is 5.51. The maximum absolute atomic E-state index is 12.5. The second-order valence-electron chi connectivity index (χ2n) is 8.41. The van der Waals surface area contributed by atoms with Crippen molar-refractivity contribution in [3.8, 4) is 0 Å². The van der Waals surface area contributed by atoms with Gasteiger partial charge in [-0.15, -0.1) is 0 Å². The zero-order chi connectivity index (χ0) is 24.6. The molecule has 2 heterocycles. The minimum Gasteiger partial charge on any atom is -0.480 e. The van der Waals surface area contributed by atoms with Gasteiger partial charge in [-0.05, 0) is 32.2 Å². The largest absolute Gasteiger partial charge is 0.480 e. The number of hydrogen-bond acceptors (Lipinski definition) is 8. The number of carboxylic acids is 1. The van der Waals surface area contributed by atoms with Crippen LogP contribution < -0.4 is 16.4 Å². The van der Waals surface area contributed by atoms with Gasteiger partial charge < -0.3 is 40.6 Å². The van der Waals surface area contributed by atoms with E-state index in [2.05, 4.69) is 10.6 Å². The third kappa shape index (κ3) is 11.2. The summed E-state index contributed by atoms with van der Waals surface area (Å²) in [6.45, 7) is 3.66. The molecule has 0 aromatic heterocycles. The molecule has 34 heavy (non-hydrogen) atoms. The van der Waals surface area contributed by atoms with Crippen LogP contribution in [0.5, 0.6) is 0 Å². The van der Waals surface area contributed by atoms with E-state index < -0.39 is 5.97 Å². The lowest BCUT2D eigenvalue weighted by atomic mass is 10.0. The van der Waals surface area contributed by atoms with Crippen LogP contribution in [-0.4, -0.2) is 110 Å². The molecule has 3 atom stereocenters. The Hall–Kier alpha value is -1.60. The first kappa shape index (κ1) is 28.6. The van der Waals surface area contributed by atoms with Crippen molar-refractivity contribution in [1.29, 1.82) is 0 Å². The van der Waals surface area contributed by atoms with Gasteiger partial charge in [0.15, 0.2) is 0 Å². The van der Waals surface area contributed by atoms with E-state index in [1.165, 1.54) is 4.90 Å². The zero-order valence-corrected chi connectivity index (χ0v) is 20.7. The lowest BCUT2D eigenvalue weighted by Crippen LogP contribution is -2.37. The molecule has 3 unspecified atom stereocenters. The van der Waals surface area contributed by atoms with Gasteiger partial charge in [0.25, 0.3) is 0 Å². The first-order chi connectivity index (χ1) is 16.5. The first-order valence-electron chi connectivity index (χ1n) is 12.1. The van der Waals surface area contributed by atoms with Gasteiger partial charge in [-0.3, -0.25) is 9.59 Å². The molecule has 5 N–H and O–H groups in total. The molecule has 0 aromatic rings. The van der Waals surface area contributed by atoms with Crippen LogP contribution in [-0.2, 0) is 23.8 Å². The molecule has 3 amide bonds.